The molecule has 2 aromatic heterocycles. The number of fused-ring (bicyclic) bond motifs is 8. The molecular formula is C49H37BN2O2. The van der Waals surface area contributed by atoms with Gasteiger partial charge >= 0.3 is 0 Å². The minimum absolute atomic E-state index is 0.00459. The zero-order chi connectivity index (χ0) is 45.8. The third-order valence-corrected chi connectivity index (χ3v) is 10.7. The molecular weight excluding hydrogens is 659 g/mol. The molecule has 4 heterocycles. The maximum Gasteiger partial charge on any atom is 0.285 e. The Morgan fingerprint density at radius 1 is 0.685 bits per heavy atom. The molecule has 11 rings (SSSR count). The lowest BCUT2D eigenvalue weighted by Gasteiger charge is -2.39. The highest BCUT2D eigenvalue weighted by Crippen LogP contribution is 2.44. The van der Waals surface area contributed by atoms with E-state index in [2.05, 4.69) is 67.8 Å². The van der Waals surface area contributed by atoms with Gasteiger partial charge in [-0.15, -0.1) is 0 Å². The van der Waals surface area contributed by atoms with Gasteiger partial charge in [0.15, 0.2) is 0 Å². The Balaban J connectivity index is 1.23. The monoisotopic (exact) mass is 707 g/mol. The molecule has 0 aliphatic carbocycles. The summed E-state index contributed by atoms with van der Waals surface area (Å²) >= 11 is 0. The molecule has 0 radical (unpaired) electrons. The van der Waals surface area contributed by atoms with Crippen molar-refractivity contribution in [1.29, 1.82) is 0 Å². The van der Waals surface area contributed by atoms with E-state index in [0.717, 1.165) is 44.2 Å². The van der Waals surface area contributed by atoms with E-state index in [4.69, 9.17) is 22.9 Å². The molecule has 0 saturated heterocycles. The van der Waals surface area contributed by atoms with E-state index < -0.39 is 55.9 Å². The van der Waals surface area contributed by atoms with Gasteiger partial charge in [0.1, 0.15) is 11.5 Å². The number of aryl methyl sites for hydroxylation is 1. The van der Waals surface area contributed by atoms with Crippen LogP contribution in [0, 0.1) is 6.85 Å². The van der Waals surface area contributed by atoms with Crippen LogP contribution in [-0.4, -0.2) is 11.3 Å². The first-order valence-electron chi connectivity index (χ1n) is 23.4. The number of hydrogen-bond donors (Lipinski definition) is 0. The minimum Gasteiger partial charge on any atom is -0.427 e. The summed E-state index contributed by atoms with van der Waals surface area (Å²) in [6, 6.07) is 29.5. The first-order valence-corrected chi connectivity index (χ1v) is 17.9. The molecule has 0 fully saturated rings. The summed E-state index contributed by atoms with van der Waals surface area (Å²) in [5.41, 5.74) is 7.03. The fourth-order valence-corrected chi connectivity index (χ4v) is 8.26. The van der Waals surface area contributed by atoms with Crippen molar-refractivity contribution >= 4 is 72.7 Å². The summed E-state index contributed by atoms with van der Waals surface area (Å²) in [4.78, 5) is 2.04. The van der Waals surface area contributed by atoms with E-state index in [0.29, 0.717) is 16.8 Å². The lowest BCUT2D eigenvalue weighted by Crippen LogP contribution is -2.59. The van der Waals surface area contributed by atoms with Crippen molar-refractivity contribution in [1.82, 2.24) is 4.57 Å². The van der Waals surface area contributed by atoms with Crippen molar-refractivity contribution in [3.8, 4) is 28.7 Å². The standard InChI is InChI=1S/C49H37BN2O2/c1-30-26-44-47-46(27-30)54-48-40(29-45(53-48)38-17-11-13-31-12-5-6-14-35(31)38)50(47)39-25-24-34(28-43(39)51(44)33-22-20-32(21-23-33)49(2,3)4)52-41-18-9-7-15-36(41)37-16-8-10-19-42(37)52/h5-29H,1-4H3/i1D3,5D,6D,11D,12D,13D,14D,17D,29D. The van der Waals surface area contributed by atoms with Crippen LogP contribution in [0.15, 0.2) is 156 Å². The zero-order valence-corrected chi connectivity index (χ0v) is 29.6. The molecule has 0 bridgehead atoms. The maximum atomic E-state index is 9.88. The van der Waals surface area contributed by atoms with E-state index in [1.54, 1.807) is 6.07 Å². The predicted molar refractivity (Wildman–Crippen MR) is 225 cm³/mol. The van der Waals surface area contributed by atoms with Crippen LogP contribution in [0.3, 0.4) is 0 Å². The van der Waals surface area contributed by atoms with Crippen LogP contribution in [0.1, 0.15) is 47.0 Å². The lowest BCUT2D eigenvalue weighted by atomic mass is 9.34. The van der Waals surface area contributed by atoms with E-state index in [1.807, 2.05) is 53.4 Å². The van der Waals surface area contributed by atoms with Crippen molar-refractivity contribution in [3.63, 3.8) is 0 Å². The largest absolute Gasteiger partial charge is 0.427 e. The van der Waals surface area contributed by atoms with Crippen molar-refractivity contribution < 1.29 is 24.2 Å². The molecule has 0 N–H and O–H groups in total. The molecule has 0 saturated carbocycles. The molecule has 4 nitrogen and oxygen atoms in total. The molecule has 2 aliphatic heterocycles. The molecule has 258 valence electrons. The van der Waals surface area contributed by atoms with Crippen LogP contribution in [0.5, 0.6) is 11.7 Å². The second kappa shape index (κ2) is 11.3. The minimum atomic E-state index is -2.57. The van der Waals surface area contributed by atoms with Gasteiger partial charge in [-0.05, 0) is 99.7 Å². The molecule has 9 aromatic rings. The summed E-state index contributed by atoms with van der Waals surface area (Å²) in [6.45, 7) is 3.04. The predicted octanol–water partition coefficient (Wildman–Crippen LogP) is 11.2. The van der Waals surface area contributed by atoms with Gasteiger partial charge in [0.25, 0.3) is 12.7 Å². The Bertz CT molecular complexity index is 3490. The number of rotatable bonds is 3. The molecule has 54 heavy (non-hydrogen) atoms. The third-order valence-electron chi connectivity index (χ3n) is 10.7. The van der Waals surface area contributed by atoms with Crippen molar-refractivity contribution in [3.05, 3.63) is 163 Å². The number of anilines is 3. The Hall–Kier alpha value is -6.46. The molecule has 0 amide bonds. The van der Waals surface area contributed by atoms with Crippen LogP contribution in [0.4, 0.5) is 17.1 Å². The fourth-order valence-electron chi connectivity index (χ4n) is 8.26. The van der Waals surface area contributed by atoms with Crippen LogP contribution in [0.25, 0.3) is 49.6 Å². The van der Waals surface area contributed by atoms with Gasteiger partial charge in [0.2, 0.25) is 0 Å². The number of nitrogens with zero attached hydrogens (tertiary/aromatic N) is 2. The average Bonchev–Trinajstić information content (AvgIpc) is 3.79. The number of hydrogen-bond acceptors (Lipinski definition) is 3. The molecule has 7 aromatic carbocycles. The number of benzene rings is 7. The molecule has 0 spiro atoms. The van der Waals surface area contributed by atoms with Crippen LogP contribution in [0.2, 0.25) is 0 Å². The SMILES string of the molecule is [2H]c1c(-c2c([2H])c([2H])c([2H])c3c([2H])c([2H])c([2H])c([2H])c23)oc2c1B1c3ccc(-n4c5ccccc5c5ccccc54)cc3N(c3ccc(C(C)(C)C)cc3)c3cc(C([2H])([2H])[2H])cc(c31)O2. The third kappa shape index (κ3) is 4.51. The van der Waals surface area contributed by atoms with Crippen LogP contribution in [-0.2, 0) is 5.41 Å². The summed E-state index contributed by atoms with van der Waals surface area (Å²) < 4.78 is 112. The van der Waals surface area contributed by atoms with Crippen LogP contribution >= 0.6 is 0 Å². The van der Waals surface area contributed by atoms with E-state index >= 15 is 0 Å². The summed E-state index contributed by atoms with van der Waals surface area (Å²) in [5.74, 6) is -0.260. The fraction of sp³-hybridized carbons (Fsp3) is 0.102. The quantitative estimate of drug-likeness (QED) is 0.171. The molecule has 0 unspecified atom stereocenters. The summed E-state index contributed by atoms with van der Waals surface area (Å²) in [6.07, 6.45) is 0. The van der Waals surface area contributed by atoms with Crippen molar-refractivity contribution in [2.75, 3.05) is 4.90 Å². The topological polar surface area (TPSA) is 30.5 Å². The Kier molecular flexibility index (Phi) is 4.58. The van der Waals surface area contributed by atoms with Gasteiger partial charge in [-0.3, -0.25) is 0 Å². The first-order chi connectivity index (χ1) is 30.9. The number of para-hydroxylation sites is 2. The van der Waals surface area contributed by atoms with Crippen molar-refractivity contribution in [2.45, 2.75) is 33.0 Å². The van der Waals surface area contributed by atoms with Crippen LogP contribution < -0.4 is 26.0 Å². The number of ether oxygens (including phenoxy) is 1. The lowest BCUT2D eigenvalue weighted by molar-refractivity contribution is 0.355. The highest BCUT2D eigenvalue weighted by atomic mass is 16.6. The second-order valence-electron chi connectivity index (χ2n) is 14.9. The van der Waals surface area contributed by atoms with Gasteiger partial charge < -0.3 is 18.6 Å². The zero-order valence-electron chi connectivity index (χ0n) is 40.6. The molecule has 5 heteroatoms. The highest BCUT2D eigenvalue weighted by Gasteiger charge is 2.44. The van der Waals surface area contributed by atoms with E-state index in [1.165, 1.54) is 6.07 Å². The van der Waals surface area contributed by atoms with Gasteiger partial charge in [-0.25, -0.2) is 0 Å². The normalized spacial score (nSPS) is 16.4. The highest BCUT2D eigenvalue weighted by molar-refractivity contribution is 6.99. The average molecular weight is 708 g/mol. The Morgan fingerprint density at radius 2 is 1.41 bits per heavy atom. The van der Waals surface area contributed by atoms with Crippen molar-refractivity contribution in [2.24, 2.45) is 0 Å². The summed E-state index contributed by atoms with van der Waals surface area (Å²) in [5, 5.41) is 1.65. The molecule has 0 atom stereocenters. The first kappa shape index (κ1) is 21.9. The van der Waals surface area contributed by atoms with Gasteiger partial charge in [0.05, 0.1) is 22.0 Å². The maximum absolute atomic E-state index is 9.88. The summed E-state index contributed by atoms with van der Waals surface area (Å²) in [7, 11) is 0. The smallest absolute Gasteiger partial charge is 0.285 e. The molecule has 2 aliphatic rings. The Morgan fingerprint density at radius 3 is 2.17 bits per heavy atom. The Labute approximate surface area is 330 Å². The second-order valence-corrected chi connectivity index (χ2v) is 14.9. The van der Waals surface area contributed by atoms with E-state index in [9.17, 15) is 1.37 Å². The van der Waals surface area contributed by atoms with Gasteiger partial charge in [-0.1, -0.05) is 118 Å². The van der Waals surface area contributed by atoms with Gasteiger partial charge in [-0.2, -0.15) is 0 Å². The van der Waals surface area contributed by atoms with Gasteiger partial charge in [0, 0.05) is 48.7 Å². The number of aromatic nitrogens is 1. The number of furan rings is 1. The van der Waals surface area contributed by atoms with E-state index in [-0.39, 0.29) is 56.3 Å².